The van der Waals surface area contributed by atoms with E-state index in [2.05, 4.69) is 15.6 Å². The fourth-order valence-corrected chi connectivity index (χ4v) is 3.44. The number of carbonyl (C=O) groups is 2. The number of ether oxygens (including phenoxy) is 2. The minimum Gasteiger partial charge on any atom is -0.490 e. The van der Waals surface area contributed by atoms with E-state index in [-0.39, 0.29) is 11.8 Å². The number of thiophene rings is 1. The van der Waals surface area contributed by atoms with Crippen molar-refractivity contribution in [1.29, 1.82) is 0 Å². The molecule has 0 aliphatic heterocycles. The van der Waals surface area contributed by atoms with Crippen LogP contribution in [0.2, 0.25) is 0 Å². The zero-order valence-electron chi connectivity index (χ0n) is 16.8. The fourth-order valence-electron chi connectivity index (χ4n) is 2.57. The largest absolute Gasteiger partial charge is 0.490 e. The second kappa shape index (κ2) is 10.4. The predicted octanol–water partition coefficient (Wildman–Crippen LogP) is 3.90. The molecule has 3 aromatic rings. The van der Waals surface area contributed by atoms with Crippen LogP contribution in [0, 0.1) is 0 Å². The predicted molar refractivity (Wildman–Crippen MR) is 115 cm³/mol. The van der Waals surface area contributed by atoms with Crippen LogP contribution < -0.4 is 20.1 Å². The number of nitrogens with one attached hydrogen (secondary N) is 2. The van der Waals surface area contributed by atoms with Crippen molar-refractivity contribution in [2.24, 2.45) is 0 Å². The number of nitrogens with zero attached hydrogens (tertiary/aromatic N) is 1. The van der Waals surface area contributed by atoms with Crippen molar-refractivity contribution in [3.63, 3.8) is 0 Å². The van der Waals surface area contributed by atoms with Crippen LogP contribution in [0.15, 0.2) is 54.7 Å². The SMILES string of the molecule is CCOc1ccccc1Oc1ccc(CNC(=O)c2ccc(CNC(C)=O)s2)cn1. The van der Waals surface area contributed by atoms with Gasteiger partial charge in [0.15, 0.2) is 11.5 Å². The topological polar surface area (TPSA) is 89.5 Å². The van der Waals surface area contributed by atoms with Crippen molar-refractivity contribution < 1.29 is 19.1 Å². The van der Waals surface area contributed by atoms with E-state index in [0.29, 0.717) is 42.0 Å². The highest BCUT2D eigenvalue weighted by molar-refractivity contribution is 7.14. The highest BCUT2D eigenvalue weighted by Crippen LogP contribution is 2.30. The van der Waals surface area contributed by atoms with Crippen LogP contribution >= 0.6 is 11.3 Å². The lowest BCUT2D eigenvalue weighted by molar-refractivity contribution is -0.119. The smallest absolute Gasteiger partial charge is 0.261 e. The summed E-state index contributed by atoms with van der Waals surface area (Å²) in [5.74, 6) is 1.43. The first-order valence-corrected chi connectivity index (χ1v) is 10.3. The molecule has 7 nitrogen and oxygen atoms in total. The lowest BCUT2D eigenvalue weighted by Gasteiger charge is -2.11. The highest BCUT2D eigenvalue weighted by Gasteiger charge is 2.10. The minimum absolute atomic E-state index is 0.101. The Morgan fingerprint density at radius 1 is 1.00 bits per heavy atom. The summed E-state index contributed by atoms with van der Waals surface area (Å²) in [6.07, 6.45) is 1.66. The van der Waals surface area contributed by atoms with Gasteiger partial charge in [0.05, 0.1) is 18.0 Å². The molecule has 0 unspecified atom stereocenters. The number of carbonyl (C=O) groups excluding carboxylic acids is 2. The van der Waals surface area contributed by atoms with Gasteiger partial charge in [-0.15, -0.1) is 11.3 Å². The van der Waals surface area contributed by atoms with Gasteiger partial charge in [-0.1, -0.05) is 18.2 Å². The van der Waals surface area contributed by atoms with E-state index in [9.17, 15) is 9.59 Å². The first-order chi connectivity index (χ1) is 14.5. The third kappa shape index (κ3) is 6.05. The van der Waals surface area contributed by atoms with E-state index < -0.39 is 0 Å². The van der Waals surface area contributed by atoms with E-state index in [4.69, 9.17) is 9.47 Å². The van der Waals surface area contributed by atoms with Crippen LogP contribution in [0.1, 0.15) is 34.0 Å². The van der Waals surface area contributed by atoms with Crippen LogP contribution in [0.25, 0.3) is 0 Å². The Morgan fingerprint density at radius 3 is 2.50 bits per heavy atom. The fraction of sp³-hybridized carbons (Fsp3) is 0.227. The third-order valence-corrected chi connectivity index (χ3v) is 5.10. The molecule has 0 aliphatic rings. The Kier molecular flexibility index (Phi) is 7.40. The second-order valence-electron chi connectivity index (χ2n) is 6.34. The van der Waals surface area contributed by atoms with E-state index >= 15 is 0 Å². The van der Waals surface area contributed by atoms with Crippen molar-refractivity contribution >= 4 is 23.2 Å². The van der Waals surface area contributed by atoms with E-state index in [1.54, 1.807) is 18.3 Å². The molecule has 2 aromatic heterocycles. The molecule has 3 rings (SSSR count). The summed E-state index contributed by atoms with van der Waals surface area (Å²) < 4.78 is 11.4. The van der Waals surface area contributed by atoms with Gasteiger partial charge in [-0.3, -0.25) is 9.59 Å². The number of rotatable bonds is 9. The first kappa shape index (κ1) is 21.3. The van der Waals surface area contributed by atoms with Gasteiger partial charge in [0.1, 0.15) is 0 Å². The van der Waals surface area contributed by atoms with Gasteiger partial charge < -0.3 is 20.1 Å². The zero-order valence-corrected chi connectivity index (χ0v) is 17.6. The number of hydrogen-bond acceptors (Lipinski definition) is 6. The lowest BCUT2D eigenvalue weighted by atomic mass is 10.3. The second-order valence-corrected chi connectivity index (χ2v) is 7.51. The quantitative estimate of drug-likeness (QED) is 0.543. The third-order valence-electron chi connectivity index (χ3n) is 4.01. The minimum atomic E-state index is -0.167. The van der Waals surface area contributed by atoms with Crippen LogP contribution in [0.4, 0.5) is 0 Å². The number of benzene rings is 1. The van der Waals surface area contributed by atoms with Crippen molar-refractivity contribution in [2.45, 2.75) is 26.9 Å². The standard InChI is InChI=1S/C22H23N3O4S/c1-3-28-18-6-4-5-7-19(18)29-21-11-8-16(12-24-21)13-25-22(27)20-10-9-17(30-20)14-23-15(2)26/h4-12H,3,13-14H2,1-2H3,(H,23,26)(H,25,27). The summed E-state index contributed by atoms with van der Waals surface area (Å²) in [5, 5.41) is 5.59. The maximum atomic E-state index is 12.3. The van der Waals surface area contributed by atoms with Crippen LogP contribution in [-0.4, -0.2) is 23.4 Å². The zero-order chi connectivity index (χ0) is 21.3. The first-order valence-electron chi connectivity index (χ1n) is 9.51. The molecule has 0 saturated carbocycles. The monoisotopic (exact) mass is 425 g/mol. The van der Waals surface area contributed by atoms with Crippen LogP contribution in [0.3, 0.4) is 0 Å². The molecule has 8 heteroatoms. The maximum Gasteiger partial charge on any atom is 0.261 e. The molecule has 0 saturated heterocycles. The van der Waals surface area contributed by atoms with Gasteiger partial charge in [0.25, 0.3) is 5.91 Å². The molecule has 0 fully saturated rings. The number of aromatic nitrogens is 1. The van der Waals surface area contributed by atoms with Gasteiger partial charge in [-0.2, -0.15) is 0 Å². The molecule has 2 amide bonds. The molecule has 30 heavy (non-hydrogen) atoms. The average molecular weight is 426 g/mol. The molecule has 2 N–H and O–H groups in total. The molecule has 0 radical (unpaired) electrons. The van der Waals surface area contributed by atoms with Crippen LogP contribution in [-0.2, 0) is 17.9 Å². The van der Waals surface area contributed by atoms with Gasteiger partial charge >= 0.3 is 0 Å². The van der Waals surface area contributed by atoms with E-state index in [1.165, 1.54) is 18.3 Å². The van der Waals surface area contributed by atoms with Crippen LogP contribution in [0.5, 0.6) is 17.4 Å². The van der Waals surface area contributed by atoms with Gasteiger partial charge in [0.2, 0.25) is 11.8 Å². The van der Waals surface area contributed by atoms with Gasteiger partial charge in [-0.25, -0.2) is 4.98 Å². The van der Waals surface area contributed by atoms with Crippen molar-refractivity contribution in [1.82, 2.24) is 15.6 Å². The highest BCUT2D eigenvalue weighted by atomic mass is 32.1. The number of amides is 2. The average Bonchev–Trinajstić information content (AvgIpc) is 3.22. The molecule has 0 aliphatic carbocycles. The molecule has 2 heterocycles. The van der Waals surface area contributed by atoms with Crippen molar-refractivity contribution in [3.8, 4) is 17.4 Å². The Labute approximate surface area is 179 Å². The molecule has 0 spiro atoms. The number of hydrogen-bond donors (Lipinski definition) is 2. The summed E-state index contributed by atoms with van der Waals surface area (Å²) in [6.45, 7) is 4.69. The van der Waals surface area contributed by atoms with Crippen molar-refractivity contribution in [2.75, 3.05) is 6.61 Å². The molecule has 0 atom stereocenters. The van der Waals surface area contributed by atoms with Crippen molar-refractivity contribution in [3.05, 3.63) is 70.0 Å². The molecule has 1 aromatic carbocycles. The Hall–Kier alpha value is -3.39. The summed E-state index contributed by atoms with van der Waals surface area (Å²) in [7, 11) is 0. The maximum absolute atomic E-state index is 12.3. The molecular weight excluding hydrogens is 402 g/mol. The Bertz CT molecular complexity index is 1000. The Morgan fingerprint density at radius 2 is 1.80 bits per heavy atom. The summed E-state index contributed by atoms with van der Waals surface area (Å²) in [6, 6.07) is 14.6. The summed E-state index contributed by atoms with van der Waals surface area (Å²) in [5.41, 5.74) is 0.851. The Balaban J connectivity index is 1.53. The normalized spacial score (nSPS) is 10.3. The van der Waals surface area contributed by atoms with Gasteiger partial charge in [0, 0.05) is 30.6 Å². The van der Waals surface area contributed by atoms with E-state index in [1.807, 2.05) is 43.3 Å². The van der Waals surface area contributed by atoms with Gasteiger partial charge in [-0.05, 0) is 36.8 Å². The summed E-state index contributed by atoms with van der Waals surface area (Å²) in [4.78, 5) is 29.1. The molecule has 0 bridgehead atoms. The number of pyridine rings is 1. The lowest BCUT2D eigenvalue weighted by Crippen LogP contribution is -2.21. The van der Waals surface area contributed by atoms with E-state index in [0.717, 1.165) is 10.4 Å². The molecular formula is C22H23N3O4S. The molecule has 156 valence electrons. The number of para-hydroxylation sites is 2. The summed E-state index contributed by atoms with van der Waals surface area (Å²) >= 11 is 1.35.